The number of amides is 2. The van der Waals surface area contributed by atoms with Gasteiger partial charge in [-0.1, -0.05) is 30.3 Å². The first-order chi connectivity index (χ1) is 20.6. The van der Waals surface area contributed by atoms with E-state index in [1.807, 2.05) is 4.72 Å². The van der Waals surface area contributed by atoms with Crippen LogP contribution in [0.25, 0.3) is 11.2 Å². The zero-order valence-corrected chi connectivity index (χ0v) is 25.6. The van der Waals surface area contributed by atoms with E-state index in [0.29, 0.717) is 16.7 Å². The van der Waals surface area contributed by atoms with Crippen molar-refractivity contribution in [2.45, 2.75) is 83.0 Å². The van der Waals surface area contributed by atoms with Crippen molar-refractivity contribution in [3.05, 3.63) is 48.5 Å². The van der Waals surface area contributed by atoms with Crippen LogP contribution < -0.4 is 15.8 Å². The van der Waals surface area contributed by atoms with E-state index >= 15 is 0 Å². The third kappa shape index (κ3) is 7.24. The van der Waals surface area contributed by atoms with Gasteiger partial charge in [0.05, 0.1) is 12.9 Å². The van der Waals surface area contributed by atoms with E-state index in [1.165, 1.54) is 12.7 Å². The number of hydrogen-bond donors (Lipinski definition) is 3. The number of rotatable bonds is 9. The molecule has 16 nitrogen and oxygen atoms in total. The fourth-order valence-corrected chi connectivity index (χ4v) is 5.72. The molecule has 0 saturated carbocycles. The summed E-state index contributed by atoms with van der Waals surface area (Å²) in [7, 11) is -4.67. The van der Waals surface area contributed by atoms with E-state index in [0.717, 1.165) is 0 Å². The lowest BCUT2D eigenvalue weighted by atomic mass is 10.1. The van der Waals surface area contributed by atoms with E-state index in [2.05, 4.69) is 20.3 Å². The summed E-state index contributed by atoms with van der Waals surface area (Å²) >= 11 is 0. The maximum Gasteiger partial charge on any atom is 0.408 e. The van der Waals surface area contributed by atoms with Crippen molar-refractivity contribution in [2.75, 3.05) is 12.3 Å². The van der Waals surface area contributed by atoms with Crippen molar-refractivity contribution in [1.82, 2.24) is 29.6 Å². The molecule has 44 heavy (non-hydrogen) atoms. The number of carbonyl (C=O) groups is 2. The zero-order valence-electron chi connectivity index (χ0n) is 24.8. The van der Waals surface area contributed by atoms with Gasteiger partial charge in [-0.2, -0.15) is 8.42 Å². The highest BCUT2D eigenvalue weighted by molar-refractivity contribution is 7.85. The minimum atomic E-state index is -4.67. The fraction of sp³-hybridized carbons (Fsp3) is 0.519. The van der Waals surface area contributed by atoms with E-state index < -0.39 is 70.9 Å². The third-order valence-electron chi connectivity index (χ3n) is 6.69. The van der Waals surface area contributed by atoms with Crippen LogP contribution in [-0.4, -0.2) is 82.3 Å². The number of hydrogen-bond acceptors (Lipinski definition) is 13. The summed E-state index contributed by atoms with van der Waals surface area (Å²) in [6, 6.07) is 7.48. The summed E-state index contributed by atoms with van der Waals surface area (Å²) in [5, 5.41) is 2.44. The van der Waals surface area contributed by atoms with Crippen molar-refractivity contribution in [1.29, 1.82) is 0 Å². The minimum Gasteiger partial charge on any atom is -0.444 e. The van der Waals surface area contributed by atoms with Crippen LogP contribution in [0.1, 0.15) is 46.4 Å². The summed E-state index contributed by atoms with van der Waals surface area (Å²) in [6.45, 7) is 7.90. The Hall–Kier alpha value is -3.90. The summed E-state index contributed by atoms with van der Waals surface area (Å²) in [4.78, 5) is 38.0. The number of imidazole rings is 1. The van der Waals surface area contributed by atoms with Crippen LogP contribution in [0.5, 0.6) is 0 Å². The van der Waals surface area contributed by atoms with Gasteiger partial charge in [-0.3, -0.25) is 13.5 Å². The Kier molecular flexibility index (Phi) is 8.52. The quantitative estimate of drug-likeness (QED) is 0.304. The monoisotopic (exact) mass is 633 g/mol. The summed E-state index contributed by atoms with van der Waals surface area (Å²) < 4.78 is 58.0. The SMILES string of the molecule is CC(C)(C)OC(=O)N[C@@H](Cc1ccccc1)C(=O)NS(=O)(=O)OC[C@H]1O[C@@H](n2cnc3c(N)ncnc32)[C@@H]2OC(C)(C)O[C@@H]21. The molecule has 17 heteroatoms. The summed E-state index contributed by atoms with van der Waals surface area (Å²) in [5.74, 6) is -1.85. The Balaban J connectivity index is 1.28. The largest absolute Gasteiger partial charge is 0.444 e. The van der Waals surface area contributed by atoms with E-state index in [-0.39, 0.29) is 12.2 Å². The Morgan fingerprint density at radius 3 is 2.52 bits per heavy atom. The first kappa shape index (κ1) is 31.5. The molecular formula is C27H35N7O9S. The molecule has 0 radical (unpaired) electrons. The van der Waals surface area contributed by atoms with Gasteiger partial charge < -0.3 is 30.0 Å². The van der Waals surface area contributed by atoms with Gasteiger partial charge in [-0.05, 0) is 40.2 Å². The molecule has 0 spiro atoms. The highest BCUT2D eigenvalue weighted by Gasteiger charge is 2.56. The summed E-state index contributed by atoms with van der Waals surface area (Å²) in [6.07, 6.45) is -1.31. The van der Waals surface area contributed by atoms with Crippen molar-refractivity contribution in [2.24, 2.45) is 0 Å². The lowest BCUT2D eigenvalue weighted by Gasteiger charge is -2.25. The molecule has 5 atom stereocenters. The number of anilines is 1. The Morgan fingerprint density at radius 1 is 1.11 bits per heavy atom. The number of nitrogens with one attached hydrogen (secondary N) is 2. The molecule has 2 saturated heterocycles. The van der Waals surface area contributed by atoms with Crippen molar-refractivity contribution in [3.8, 4) is 0 Å². The van der Waals surface area contributed by atoms with Gasteiger partial charge in [-0.25, -0.2) is 24.5 Å². The standard InChI is InChI=1S/C27H35N7O9S/c1-26(2,3)43-25(36)32-16(11-15-9-7-6-8-10-15)23(35)33-44(37,38)39-12-17-19-20(42-27(4,5)41-19)24(40-17)34-14-31-18-21(28)29-13-30-22(18)34/h6-10,13-14,16-17,19-20,24H,11-12H2,1-5H3,(H,32,36)(H,33,35)(H2,28,29,30)/t16-,17+,19+,20+,24+/m0/s1. The van der Waals surface area contributed by atoms with E-state index in [9.17, 15) is 18.0 Å². The van der Waals surface area contributed by atoms with Gasteiger partial charge in [0.15, 0.2) is 23.5 Å². The Morgan fingerprint density at radius 2 is 1.82 bits per heavy atom. The molecule has 2 amide bonds. The van der Waals surface area contributed by atoms with E-state index in [4.69, 9.17) is 28.9 Å². The highest BCUT2D eigenvalue weighted by Crippen LogP contribution is 2.44. The molecule has 2 aliphatic rings. The average Bonchev–Trinajstić information content (AvgIpc) is 3.58. The highest BCUT2D eigenvalue weighted by atomic mass is 32.2. The number of carbonyl (C=O) groups excluding carboxylic acids is 2. The second kappa shape index (κ2) is 11.9. The second-order valence-corrected chi connectivity index (χ2v) is 13.2. The molecule has 1 aromatic carbocycles. The number of benzene rings is 1. The molecule has 0 aliphatic carbocycles. The average molecular weight is 634 g/mol. The zero-order chi connectivity index (χ0) is 31.9. The van der Waals surface area contributed by atoms with Crippen LogP contribution in [0.2, 0.25) is 0 Å². The molecule has 4 N–H and O–H groups in total. The van der Waals surface area contributed by atoms with Gasteiger partial charge in [-0.15, -0.1) is 0 Å². The van der Waals surface area contributed by atoms with Crippen LogP contribution in [0, 0.1) is 0 Å². The number of nitrogens with two attached hydrogens (primary N) is 1. The lowest BCUT2D eigenvalue weighted by Crippen LogP contribution is -2.51. The number of alkyl carbamates (subject to hydrolysis) is 1. The van der Waals surface area contributed by atoms with Gasteiger partial charge in [0.25, 0.3) is 5.91 Å². The molecule has 0 unspecified atom stereocenters. The summed E-state index contributed by atoms with van der Waals surface area (Å²) in [5.41, 5.74) is 6.51. The normalized spacial score (nSPS) is 23.7. The van der Waals surface area contributed by atoms with Gasteiger partial charge in [0.1, 0.15) is 41.8 Å². The lowest BCUT2D eigenvalue weighted by molar-refractivity contribution is -0.198. The van der Waals surface area contributed by atoms with Gasteiger partial charge >= 0.3 is 16.4 Å². The first-order valence-electron chi connectivity index (χ1n) is 13.8. The molecule has 2 aliphatic heterocycles. The molecule has 2 fully saturated rings. The van der Waals surface area contributed by atoms with Crippen molar-refractivity contribution >= 4 is 39.3 Å². The number of nitrogen functional groups attached to an aromatic ring is 1. The Bertz CT molecular complexity index is 1630. The molecule has 238 valence electrons. The maximum absolute atomic E-state index is 13.1. The number of nitrogens with zero attached hydrogens (tertiary/aromatic N) is 4. The van der Waals surface area contributed by atoms with Gasteiger partial charge in [0, 0.05) is 6.42 Å². The molecule has 5 rings (SSSR count). The molecule has 0 bridgehead atoms. The molecule has 4 heterocycles. The van der Waals surface area contributed by atoms with E-state index in [1.54, 1.807) is 69.5 Å². The minimum absolute atomic E-state index is 0.00814. The maximum atomic E-state index is 13.1. The molecule has 2 aromatic heterocycles. The molecular weight excluding hydrogens is 598 g/mol. The van der Waals surface area contributed by atoms with Crippen molar-refractivity contribution < 1.29 is 41.1 Å². The number of aromatic nitrogens is 4. The van der Waals surface area contributed by atoms with Crippen LogP contribution in [0.15, 0.2) is 43.0 Å². The fourth-order valence-electron chi connectivity index (χ4n) is 4.96. The number of ether oxygens (including phenoxy) is 4. The second-order valence-electron chi connectivity index (χ2n) is 11.8. The Labute approximate surface area is 253 Å². The van der Waals surface area contributed by atoms with Crippen LogP contribution >= 0.6 is 0 Å². The predicted octanol–water partition coefficient (Wildman–Crippen LogP) is 1.34. The van der Waals surface area contributed by atoms with Gasteiger partial charge in [0.2, 0.25) is 0 Å². The smallest absolute Gasteiger partial charge is 0.408 e. The van der Waals surface area contributed by atoms with Crippen LogP contribution in [0.4, 0.5) is 10.6 Å². The third-order valence-corrected chi connectivity index (χ3v) is 7.59. The molecule has 3 aromatic rings. The predicted molar refractivity (Wildman–Crippen MR) is 154 cm³/mol. The van der Waals surface area contributed by atoms with Crippen molar-refractivity contribution in [3.63, 3.8) is 0 Å². The van der Waals surface area contributed by atoms with Crippen LogP contribution in [0.3, 0.4) is 0 Å². The van der Waals surface area contributed by atoms with Crippen LogP contribution in [-0.2, 0) is 44.7 Å². The number of fused-ring (bicyclic) bond motifs is 2. The first-order valence-corrected chi connectivity index (χ1v) is 15.2. The topological polar surface area (TPSA) is 208 Å².